The van der Waals surface area contributed by atoms with E-state index in [2.05, 4.69) is 17.6 Å². The van der Waals surface area contributed by atoms with Gasteiger partial charge in [-0.1, -0.05) is 13.0 Å². The van der Waals surface area contributed by atoms with E-state index < -0.39 is 0 Å². The van der Waals surface area contributed by atoms with Crippen molar-refractivity contribution in [2.75, 3.05) is 36.9 Å². The predicted molar refractivity (Wildman–Crippen MR) is 115 cm³/mol. The highest BCUT2D eigenvalue weighted by molar-refractivity contribution is 5.96. The van der Waals surface area contributed by atoms with Crippen molar-refractivity contribution < 1.29 is 14.3 Å². The molecule has 0 saturated carbocycles. The average Bonchev–Trinajstić information content (AvgIpc) is 2.74. The van der Waals surface area contributed by atoms with Gasteiger partial charge in [0, 0.05) is 30.0 Å². The Morgan fingerprint density at radius 1 is 1.07 bits per heavy atom. The fraction of sp³-hybridized carbons (Fsp3) is 0.391. The number of carbonyl (C=O) groups excluding carboxylic acids is 2. The van der Waals surface area contributed by atoms with E-state index in [1.807, 2.05) is 60.4 Å². The summed E-state index contributed by atoms with van der Waals surface area (Å²) < 4.78 is 5.39. The van der Waals surface area contributed by atoms with E-state index in [4.69, 9.17) is 4.74 Å². The Morgan fingerprint density at radius 2 is 1.79 bits per heavy atom. The first kappa shape index (κ1) is 20.7. The topological polar surface area (TPSA) is 70.7 Å². The number of likely N-dealkylation sites (tertiary alicyclic amines) is 1. The summed E-state index contributed by atoms with van der Waals surface area (Å²) in [6.07, 6.45) is 2.10. The van der Waals surface area contributed by atoms with E-state index in [-0.39, 0.29) is 18.4 Å². The Labute approximate surface area is 172 Å². The van der Waals surface area contributed by atoms with Crippen LogP contribution in [0.4, 0.5) is 11.4 Å². The zero-order chi connectivity index (χ0) is 20.6. The molecule has 0 spiro atoms. The smallest absolute Gasteiger partial charge is 0.253 e. The Balaban J connectivity index is 1.52. The monoisotopic (exact) mass is 395 g/mol. The van der Waals surface area contributed by atoms with Crippen LogP contribution in [-0.4, -0.2) is 43.0 Å². The van der Waals surface area contributed by atoms with Crippen molar-refractivity contribution in [1.29, 1.82) is 0 Å². The van der Waals surface area contributed by atoms with Gasteiger partial charge in [-0.25, -0.2) is 0 Å². The molecule has 2 amide bonds. The number of ether oxygens (including phenoxy) is 1. The lowest BCUT2D eigenvalue weighted by Crippen LogP contribution is -2.37. The van der Waals surface area contributed by atoms with E-state index in [0.717, 1.165) is 37.4 Å². The largest absolute Gasteiger partial charge is 0.494 e. The molecule has 0 aromatic heterocycles. The second-order valence-electron chi connectivity index (χ2n) is 7.41. The Hall–Kier alpha value is -3.02. The average molecular weight is 396 g/mol. The zero-order valence-corrected chi connectivity index (χ0v) is 17.1. The zero-order valence-electron chi connectivity index (χ0n) is 17.1. The second-order valence-corrected chi connectivity index (χ2v) is 7.41. The minimum atomic E-state index is -0.157. The van der Waals surface area contributed by atoms with Gasteiger partial charge in [0.1, 0.15) is 5.75 Å². The molecule has 29 heavy (non-hydrogen) atoms. The molecular formula is C23H29N3O3. The maximum Gasteiger partial charge on any atom is 0.253 e. The molecule has 1 heterocycles. The summed E-state index contributed by atoms with van der Waals surface area (Å²) in [5.41, 5.74) is 2.11. The van der Waals surface area contributed by atoms with Gasteiger partial charge in [-0.15, -0.1) is 0 Å². The van der Waals surface area contributed by atoms with Gasteiger partial charge in [-0.2, -0.15) is 0 Å². The molecule has 2 N–H and O–H groups in total. The summed E-state index contributed by atoms with van der Waals surface area (Å²) in [7, 11) is 0. The number of amides is 2. The van der Waals surface area contributed by atoms with E-state index in [0.29, 0.717) is 23.8 Å². The normalized spacial score (nSPS) is 14.3. The van der Waals surface area contributed by atoms with Crippen molar-refractivity contribution in [3.63, 3.8) is 0 Å². The number of piperidine rings is 1. The number of nitrogens with zero attached hydrogens (tertiary/aromatic N) is 1. The van der Waals surface area contributed by atoms with Crippen molar-refractivity contribution in [3.8, 4) is 5.75 Å². The number of anilines is 2. The van der Waals surface area contributed by atoms with Gasteiger partial charge in [-0.3, -0.25) is 9.59 Å². The molecule has 0 aliphatic carbocycles. The summed E-state index contributed by atoms with van der Waals surface area (Å²) in [5, 5.41) is 5.94. The van der Waals surface area contributed by atoms with Crippen molar-refractivity contribution in [1.82, 2.24) is 4.90 Å². The molecule has 6 nitrogen and oxygen atoms in total. The number of hydrogen-bond acceptors (Lipinski definition) is 4. The third-order valence-electron chi connectivity index (χ3n) is 5.08. The third-order valence-corrected chi connectivity index (χ3v) is 5.08. The van der Waals surface area contributed by atoms with Crippen LogP contribution in [0.1, 0.15) is 37.0 Å². The highest BCUT2D eigenvalue weighted by Gasteiger charge is 2.21. The van der Waals surface area contributed by atoms with Crippen LogP contribution in [-0.2, 0) is 4.79 Å². The van der Waals surface area contributed by atoms with Crippen LogP contribution in [0.5, 0.6) is 5.75 Å². The molecule has 1 aliphatic heterocycles. The standard InChI is InChI=1S/C23H29N3O3/c1-3-29-21-9-7-19(8-10-21)25-22(27)16-24-20-6-4-5-18(15-20)23(28)26-13-11-17(2)12-14-26/h4-10,15,17,24H,3,11-14,16H2,1-2H3,(H,25,27). The minimum absolute atomic E-state index is 0.0550. The first-order valence-corrected chi connectivity index (χ1v) is 10.2. The van der Waals surface area contributed by atoms with Crippen molar-refractivity contribution in [3.05, 3.63) is 54.1 Å². The van der Waals surface area contributed by atoms with Crippen LogP contribution in [0.15, 0.2) is 48.5 Å². The van der Waals surface area contributed by atoms with Crippen LogP contribution < -0.4 is 15.4 Å². The van der Waals surface area contributed by atoms with Crippen LogP contribution in [0.3, 0.4) is 0 Å². The maximum atomic E-state index is 12.7. The molecule has 1 aliphatic rings. The Bertz CT molecular complexity index is 828. The maximum absolute atomic E-state index is 12.7. The van der Waals surface area contributed by atoms with Crippen molar-refractivity contribution >= 4 is 23.2 Å². The Morgan fingerprint density at radius 3 is 2.48 bits per heavy atom. The molecule has 0 radical (unpaired) electrons. The van der Waals surface area contributed by atoms with Crippen LogP contribution in [0.2, 0.25) is 0 Å². The van der Waals surface area contributed by atoms with Crippen molar-refractivity contribution in [2.24, 2.45) is 5.92 Å². The van der Waals surface area contributed by atoms with Gasteiger partial charge < -0.3 is 20.3 Å². The molecule has 0 atom stereocenters. The van der Waals surface area contributed by atoms with Gasteiger partial charge >= 0.3 is 0 Å². The lowest BCUT2D eigenvalue weighted by Gasteiger charge is -2.30. The SMILES string of the molecule is CCOc1ccc(NC(=O)CNc2cccc(C(=O)N3CCC(C)CC3)c2)cc1. The first-order chi connectivity index (χ1) is 14.0. The minimum Gasteiger partial charge on any atom is -0.494 e. The van der Waals surface area contributed by atoms with E-state index in [1.54, 1.807) is 0 Å². The van der Waals surface area contributed by atoms with Gasteiger partial charge in [-0.05, 0) is 68.1 Å². The van der Waals surface area contributed by atoms with Gasteiger partial charge in [0.2, 0.25) is 5.91 Å². The van der Waals surface area contributed by atoms with E-state index >= 15 is 0 Å². The number of benzene rings is 2. The lowest BCUT2D eigenvalue weighted by molar-refractivity contribution is -0.114. The molecule has 1 fully saturated rings. The van der Waals surface area contributed by atoms with E-state index in [1.165, 1.54) is 0 Å². The molecule has 0 bridgehead atoms. The second kappa shape index (κ2) is 9.96. The van der Waals surface area contributed by atoms with Crippen molar-refractivity contribution in [2.45, 2.75) is 26.7 Å². The number of nitrogens with one attached hydrogen (secondary N) is 2. The molecule has 154 valence electrons. The summed E-state index contributed by atoms with van der Waals surface area (Å²) in [4.78, 5) is 26.8. The van der Waals surface area contributed by atoms with Gasteiger partial charge in [0.15, 0.2) is 0 Å². The number of rotatable bonds is 7. The molecule has 3 rings (SSSR count). The van der Waals surface area contributed by atoms with Crippen LogP contribution in [0.25, 0.3) is 0 Å². The van der Waals surface area contributed by atoms with Crippen LogP contribution in [0, 0.1) is 5.92 Å². The van der Waals surface area contributed by atoms with E-state index in [9.17, 15) is 9.59 Å². The fourth-order valence-electron chi connectivity index (χ4n) is 3.35. The number of carbonyl (C=O) groups is 2. The lowest BCUT2D eigenvalue weighted by atomic mass is 9.98. The summed E-state index contributed by atoms with van der Waals surface area (Å²) in [6.45, 7) is 6.49. The van der Waals surface area contributed by atoms with Crippen LogP contribution >= 0.6 is 0 Å². The molecule has 2 aromatic carbocycles. The molecule has 1 saturated heterocycles. The van der Waals surface area contributed by atoms with Gasteiger partial charge in [0.25, 0.3) is 5.91 Å². The highest BCUT2D eigenvalue weighted by Crippen LogP contribution is 2.20. The molecule has 2 aromatic rings. The number of hydrogen-bond donors (Lipinski definition) is 2. The third kappa shape index (κ3) is 5.98. The highest BCUT2D eigenvalue weighted by atomic mass is 16.5. The Kier molecular flexibility index (Phi) is 7.11. The summed E-state index contributed by atoms with van der Waals surface area (Å²) in [5.74, 6) is 1.35. The fourth-order valence-corrected chi connectivity index (χ4v) is 3.35. The molecule has 0 unspecified atom stereocenters. The predicted octanol–water partition coefficient (Wildman–Crippen LogP) is 4.01. The summed E-state index contributed by atoms with van der Waals surface area (Å²) in [6, 6.07) is 14.6. The van der Waals surface area contributed by atoms with Gasteiger partial charge in [0.05, 0.1) is 13.2 Å². The first-order valence-electron chi connectivity index (χ1n) is 10.2. The summed E-state index contributed by atoms with van der Waals surface area (Å²) >= 11 is 0. The molecule has 6 heteroatoms. The molecular weight excluding hydrogens is 366 g/mol. The quantitative estimate of drug-likeness (QED) is 0.743.